The van der Waals surface area contributed by atoms with Crippen LogP contribution in [0, 0.1) is 0 Å². The summed E-state index contributed by atoms with van der Waals surface area (Å²) in [5.41, 5.74) is 13.2. The van der Waals surface area contributed by atoms with E-state index in [0.29, 0.717) is 34.5 Å². The molecule has 2 unspecified atom stereocenters. The molecule has 242 valence electrons. The number of methoxy groups -OCH3 is 1. The van der Waals surface area contributed by atoms with Crippen molar-refractivity contribution in [3.63, 3.8) is 0 Å². The summed E-state index contributed by atoms with van der Waals surface area (Å²) in [6.07, 6.45) is 4.71. The maximum atomic E-state index is 11.6. The van der Waals surface area contributed by atoms with E-state index in [1.807, 2.05) is 0 Å². The molecule has 4 aromatic rings. The van der Waals surface area contributed by atoms with Gasteiger partial charge >= 0.3 is 21.2 Å². The highest BCUT2D eigenvalue weighted by atomic mass is 32.1. The third-order valence-corrected chi connectivity index (χ3v) is 7.09. The highest BCUT2D eigenvalue weighted by Crippen LogP contribution is 2.35. The van der Waals surface area contributed by atoms with Crippen LogP contribution in [0.5, 0.6) is 0 Å². The molecule has 44 heavy (non-hydrogen) atoms. The van der Waals surface area contributed by atoms with Crippen molar-refractivity contribution in [2.45, 2.75) is 24.9 Å². The van der Waals surface area contributed by atoms with Crippen molar-refractivity contribution in [3.8, 4) is 0 Å². The second-order valence-electron chi connectivity index (χ2n) is 9.10. The molecule has 4 rings (SSSR count). The van der Waals surface area contributed by atoms with Gasteiger partial charge in [-0.3, -0.25) is 13.9 Å². The van der Waals surface area contributed by atoms with E-state index in [2.05, 4.69) is 47.3 Å². The zero-order valence-corrected chi connectivity index (χ0v) is 25.9. The minimum Gasteiger partial charge on any atom is -0.469 e. The molecule has 0 saturated heterocycles. The van der Waals surface area contributed by atoms with Gasteiger partial charge in [-0.25, -0.2) is 29.9 Å². The number of fused-ring (bicyclic) bond motifs is 2. The standard InChI is InChI=1S/C11H16N5O6P.C10H16N5O4PS/c1-21-8(17)2-7(3-22-6-23(18,19)20)16-5-15-9-10(12)13-4-14-11(9)16;11-9-8-10(13-4-12-9)15(5-14-8)7(1-2-21)3-19-6-20(16,17)18/h4-5,7H,2-3,6H2,1H3,(H2,12,13,14)(H2,18,19,20);4-5,7,21H,1-3,6H2,(H2,11,12,13)(H2,16,17,18). The quantitative estimate of drug-likeness (QED) is 0.0528. The van der Waals surface area contributed by atoms with Gasteiger partial charge in [0, 0.05) is 0 Å². The van der Waals surface area contributed by atoms with Crippen molar-refractivity contribution in [1.29, 1.82) is 0 Å². The van der Waals surface area contributed by atoms with Gasteiger partial charge in [-0.1, -0.05) is 0 Å². The third kappa shape index (κ3) is 10.1. The van der Waals surface area contributed by atoms with E-state index in [-0.39, 0.29) is 37.3 Å². The van der Waals surface area contributed by atoms with E-state index in [0.717, 1.165) is 0 Å². The summed E-state index contributed by atoms with van der Waals surface area (Å²) in [6, 6.07) is -0.818. The summed E-state index contributed by atoms with van der Waals surface area (Å²) in [5, 5.41) is 0. The first-order chi connectivity index (χ1) is 20.7. The van der Waals surface area contributed by atoms with Crippen LogP contribution in [0.4, 0.5) is 11.6 Å². The van der Waals surface area contributed by atoms with Gasteiger partial charge in [0.05, 0.1) is 51.5 Å². The fraction of sp³-hybridized carbons (Fsp3) is 0.476. The molecular weight excluding hydrogens is 646 g/mol. The number of aromatic nitrogens is 8. The molecule has 0 aliphatic heterocycles. The van der Waals surface area contributed by atoms with E-state index in [4.69, 9.17) is 40.5 Å². The van der Waals surface area contributed by atoms with Crippen LogP contribution in [0.2, 0.25) is 0 Å². The Morgan fingerprint density at radius 1 is 0.841 bits per heavy atom. The van der Waals surface area contributed by atoms with E-state index < -0.39 is 39.9 Å². The number of ether oxygens (including phenoxy) is 3. The Bertz CT molecular complexity index is 1640. The maximum Gasteiger partial charge on any atom is 0.350 e. The second kappa shape index (κ2) is 15.6. The van der Waals surface area contributed by atoms with Crippen LogP contribution < -0.4 is 11.5 Å². The van der Waals surface area contributed by atoms with Gasteiger partial charge in [-0.05, 0) is 12.2 Å². The topological polar surface area (TPSA) is 299 Å². The van der Waals surface area contributed by atoms with Gasteiger partial charge in [0.1, 0.15) is 36.4 Å². The number of carbonyl (C=O) groups excluding carboxylic acids is 1. The lowest BCUT2D eigenvalue weighted by atomic mass is 10.2. The minimum absolute atomic E-state index is 0.0903. The molecule has 2 atom stereocenters. The number of anilines is 2. The fourth-order valence-electron chi connectivity index (χ4n) is 3.85. The highest BCUT2D eigenvalue weighted by Gasteiger charge is 2.23. The first-order valence-corrected chi connectivity index (χ1v) is 16.7. The first-order valence-electron chi connectivity index (χ1n) is 12.5. The zero-order valence-electron chi connectivity index (χ0n) is 23.2. The number of nitrogen functional groups attached to an aromatic ring is 2. The molecular formula is C21H32N10O10P2S. The van der Waals surface area contributed by atoms with Gasteiger partial charge in [-0.15, -0.1) is 0 Å². The zero-order chi connectivity index (χ0) is 32.5. The van der Waals surface area contributed by atoms with Crippen LogP contribution in [0.1, 0.15) is 24.9 Å². The number of nitrogens with two attached hydrogens (primary N) is 2. The van der Waals surface area contributed by atoms with Gasteiger partial charge in [0.25, 0.3) is 0 Å². The Kier molecular flexibility index (Phi) is 12.5. The number of imidazole rings is 2. The minimum atomic E-state index is -4.30. The van der Waals surface area contributed by atoms with Gasteiger partial charge < -0.3 is 54.4 Å². The number of hydrogen-bond acceptors (Lipinski definition) is 15. The number of hydrogen-bond donors (Lipinski definition) is 7. The van der Waals surface area contributed by atoms with Crippen LogP contribution in [0.3, 0.4) is 0 Å². The van der Waals surface area contributed by atoms with Crippen LogP contribution in [0.15, 0.2) is 25.3 Å². The monoisotopic (exact) mass is 678 g/mol. The Labute approximate surface area is 254 Å². The number of carbonyl (C=O) groups is 1. The maximum absolute atomic E-state index is 11.6. The van der Waals surface area contributed by atoms with Crippen molar-refractivity contribution in [2.75, 3.05) is 50.2 Å². The molecule has 0 aromatic carbocycles. The Hall–Kier alpha value is -3.26. The molecule has 23 heteroatoms. The van der Waals surface area contributed by atoms with Gasteiger partial charge in [0.15, 0.2) is 22.9 Å². The number of esters is 1. The molecule has 0 saturated carbocycles. The van der Waals surface area contributed by atoms with Crippen LogP contribution >= 0.6 is 27.8 Å². The summed E-state index contributed by atoms with van der Waals surface area (Å²) in [5.74, 6) is 0.518. The van der Waals surface area contributed by atoms with Gasteiger partial charge in [-0.2, -0.15) is 12.6 Å². The predicted molar refractivity (Wildman–Crippen MR) is 158 cm³/mol. The lowest BCUT2D eigenvalue weighted by molar-refractivity contribution is -0.141. The molecule has 0 bridgehead atoms. The third-order valence-electron chi connectivity index (χ3n) is 5.79. The lowest BCUT2D eigenvalue weighted by Crippen LogP contribution is -2.20. The second-order valence-corrected chi connectivity index (χ2v) is 12.7. The Morgan fingerprint density at radius 2 is 1.30 bits per heavy atom. The van der Waals surface area contributed by atoms with Crippen LogP contribution in [-0.4, -0.2) is 103 Å². The summed E-state index contributed by atoms with van der Waals surface area (Å²) in [7, 11) is -7.25. The largest absolute Gasteiger partial charge is 0.469 e. The Morgan fingerprint density at radius 3 is 1.73 bits per heavy atom. The number of nitrogens with zero attached hydrogens (tertiary/aromatic N) is 8. The smallest absolute Gasteiger partial charge is 0.350 e. The summed E-state index contributed by atoms with van der Waals surface area (Å²) in [6.45, 7) is -0.0311. The van der Waals surface area contributed by atoms with Crippen LogP contribution in [0.25, 0.3) is 22.3 Å². The molecule has 0 aliphatic carbocycles. The van der Waals surface area contributed by atoms with Crippen LogP contribution in [-0.2, 0) is 28.1 Å². The molecule has 20 nitrogen and oxygen atoms in total. The molecule has 0 amide bonds. The molecule has 0 aliphatic rings. The SMILES string of the molecule is COC(=O)CC(COCP(=O)(O)O)n1cnc2c(N)ncnc21.Nc1ncnc2c1ncn2C(CCS)COCP(=O)(O)O. The summed E-state index contributed by atoms with van der Waals surface area (Å²) >= 11 is 4.18. The highest BCUT2D eigenvalue weighted by molar-refractivity contribution is 7.80. The molecule has 0 radical (unpaired) electrons. The average Bonchev–Trinajstić information content (AvgIpc) is 3.57. The van der Waals surface area contributed by atoms with E-state index >= 15 is 0 Å². The van der Waals surface area contributed by atoms with Crippen molar-refractivity contribution in [2.24, 2.45) is 0 Å². The van der Waals surface area contributed by atoms with Crippen molar-refractivity contribution in [3.05, 3.63) is 25.3 Å². The Balaban J connectivity index is 0.000000241. The normalized spacial score (nSPS) is 13.4. The van der Waals surface area contributed by atoms with Gasteiger partial charge in [0.2, 0.25) is 0 Å². The molecule has 8 N–H and O–H groups in total. The predicted octanol–water partition coefficient (Wildman–Crippen LogP) is 0.0858. The summed E-state index contributed by atoms with van der Waals surface area (Å²) in [4.78, 5) is 71.0. The summed E-state index contributed by atoms with van der Waals surface area (Å²) < 4.78 is 39.7. The van der Waals surface area contributed by atoms with E-state index in [1.54, 1.807) is 10.9 Å². The first kappa shape index (κ1) is 35.2. The van der Waals surface area contributed by atoms with Crippen molar-refractivity contribution >= 4 is 67.8 Å². The molecule has 0 fully saturated rings. The fourth-order valence-corrected chi connectivity index (χ4v) is 4.84. The van der Waals surface area contributed by atoms with Crippen molar-refractivity contribution in [1.82, 2.24) is 39.0 Å². The molecule has 4 aromatic heterocycles. The van der Waals surface area contributed by atoms with E-state index in [9.17, 15) is 13.9 Å². The number of rotatable bonds is 14. The lowest BCUT2D eigenvalue weighted by Gasteiger charge is -2.18. The average molecular weight is 679 g/mol. The molecule has 0 spiro atoms. The van der Waals surface area contributed by atoms with E-state index in [1.165, 1.54) is 30.7 Å². The van der Waals surface area contributed by atoms with Crippen molar-refractivity contribution < 1.29 is 47.7 Å². The molecule has 4 heterocycles. The number of thiol groups is 1.